The third-order valence-electron chi connectivity index (χ3n) is 7.80. The molecular weight excluding hydrogens is 509 g/mol. The summed E-state index contributed by atoms with van der Waals surface area (Å²) in [6, 6.07) is 3.22. The lowest BCUT2D eigenvalue weighted by Crippen LogP contribution is -2.36. The molecule has 2 aliphatic rings. The number of ether oxygens (including phenoxy) is 1. The van der Waals surface area contributed by atoms with Crippen LogP contribution in [0, 0.1) is 5.92 Å². The summed E-state index contributed by atoms with van der Waals surface area (Å²) in [5.41, 5.74) is 4.40. The first-order valence-electron chi connectivity index (χ1n) is 13.9. The average molecular weight is 541 g/mol. The van der Waals surface area contributed by atoms with Gasteiger partial charge in [-0.25, -0.2) is 28.6 Å². The number of carbonyl (C=O) groups is 2. The molecule has 0 bridgehead atoms. The van der Waals surface area contributed by atoms with Gasteiger partial charge in [-0.2, -0.15) is 5.10 Å². The van der Waals surface area contributed by atoms with E-state index < -0.39 is 48.5 Å². The van der Waals surface area contributed by atoms with Gasteiger partial charge in [0.2, 0.25) is 5.91 Å². The largest absolute Gasteiger partial charge is 0.453 e. The van der Waals surface area contributed by atoms with Gasteiger partial charge in [0, 0.05) is 35.0 Å². The first-order chi connectivity index (χ1) is 19.8. The highest BCUT2D eigenvalue weighted by molar-refractivity contribution is 5.89. The van der Waals surface area contributed by atoms with E-state index in [0.717, 1.165) is 4.57 Å². The van der Waals surface area contributed by atoms with Crippen LogP contribution in [-0.2, 0) is 22.0 Å². The Morgan fingerprint density at radius 3 is 2.74 bits per heavy atom. The van der Waals surface area contributed by atoms with Crippen molar-refractivity contribution in [2.75, 3.05) is 12.4 Å². The van der Waals surface area contributed by atoms with E-state index in [-0.39, 0.29) is 35.6 Å². The number of hydrogen-bond acceptors (Lipinski definition) is 8. The number of nitrogens with one attached hydrogen (secondary N) is 2. The number of aromatic nitrogens is 6. The average Bonchev–Trinajstić information content (AvgIpc) is 3.17. The van der Waals surface area contributed by atoms with Gasteiger partial charge in [-0.3, -0.25) is 13.9 Å². The summed E-state index contributed by atoms with van der Waals surface area (Å²) in [5, 5.41) is 10.6. The van der Waals surface area contributed by atoms with Gasteiger partial charge in [-0.05, 0) is 30.9 Å². The molecule has 0 aliphatic heterocycles. The fourth-order valence-electron chi connectivity index (χ4n) is 5.63. The van der Waals surface area contributed by atoms with Crippen molar-refractivity contribution in [2.45, 2.75) is 50.0 Å². The first kappa shape index (κ1) is 21.4. The van der Waals surface area contributed by atoms with Crippen molar-refractivity contribution in [1.82, 2.24) is 34.2 Å². The number of pyridine rings is 2. The molecule has 2 saturated carbocycles. The van der Waals surface area contributed by atoms with Crippen LogP contribution >= 0.6 is 0 Å². The molecule has 0 saturated heterocycles. The van der Waals surface area contributed by atoms with Crippen molar-refractivity contribution in [2.24, 2.45) is 18.6 Å². The zero-order valence-electron chi connectivity index (χ0n) is 24.1. The molecule has 6 rings (SSSR count). The summed E-state index contributed by atoms with van der Waals surface area (Å²) in [5.74, 6) is 0.0432. The second-order valence-electron chi connectivity index (χ2n) is 10.1. The number of nitrogens with zero attached hydrogens (tertiary/aromatic N) is 6. The van der Waals surface area contributed by atoms with Crippen LogP contribution in [-0.4, -0.2) is 60.2 Å². The molecule has 0 spiro atoms. The molecule has 4 heterocycles. The van der Waals surface area contributed by atoms with Crippen LogP contribution in [0.5, 0.6) is 0 Å². The Kier molecular flexibility index (Phi) is 4.83. The minimum atomic E-state index is -2.85. The van der Waals surface area contributed by atoms with Gasteiger partial charge in [0.1, 0.15) is 23.3 Å². The fourth-order valence-corrected chi connectivity index (χ4v) is 5.63. The Balaban J connectivity index is 1.39. The first-order valence-corrected chi connectivity index (χ1v) is 12.4. The number of alkyl carbamates (subject to hydrolysis) is 1. The standard InChI is InChI=1S/C25H28FN9O4/c1-12-9-25(12,22(27)36)35-21-13(10-29-35)4-5-19(32-21)31-20-8-17-18(11-28-20)33(2)24(38)34(17)16-7-14(6-15(16)26)30-23(37)39-3/h4-5,8,10-12,14-16H,6-7,9H2,1-3H3,(H2,27,36)(H,30,37)(H,28,31,32)/i2D3. The second-order valence-corrected chi connectivity index (χ2v) is 10.1. The number of hydrogen-bond donors (Lipinski definition) is 3. The van der Waals surface area contributed by atoms with Crippen LogP contribution in [0.25, 0.3) is 22.1 Å². The summed E-state index contributed by atoms with van der Waals surface area (Å²) < 4.78 is 46.9. The van der Waals surface area contributed by atoms with E-state index in [1.54, 1.807) is 18.3 Å². The minimum absolute atomic E-state index is 0.00285. The number of fused-ring (bicyclic) bond motifs is 2. The van der Waals surface area contributed by atoms with Gasteiger partial charge in [0.15, 0.2) is 5.65 Å². The third-order valence-corrected chi connectivity index (χ3v) is 7.80. The molecule has 0 radical (unpaired) electrons. The van der Waals surface area contributed by atoms with Crippen molar-refractivity contribution in [1.29, 1.82) is 0 Å². The van der Waals surface area contributed by atoms with Crippen LogP contribution < -0.4 is 22.1 Å². The Bertz CT molecular complexity index is 1800. The van der Waals surface area contributed by atoms with Gasteiger partial charge in [-0.1, -0.05) is 6.92 Å². The molecule has 4 aromatic heterocycles. The van der Waals surface area contributed by atoms with E-state index in [0.29, 0.717) is 27.8 Å². The monoisotopic (exact) mass is 540 g/mol. The number of nitrogens with two attached hydrogens (primary N) is 1. The van der Waals surface area contributed by atoms with Gasteiger partial charge >= 0.3 is 11.8 Å². The summed E-state index contributed by atoms with van der Waals surface area (Å²) >= 11 is 0. The van der Waals surface area contributed by atoms with E-state index in [9.17, 15) is 14.4 Å². The predicted octanol–water partition coefficient (Wildman–Crippen LogP) is 1.84. The Morgan fingerprint density at radius 2 is 2.05 bits per heavy atom. The lowest BCUT2D eigenvalue weighted by molar-refractivity contribution is -0.123. The summed E-state index contributed by atoms with van der Waals surface area (Å²) in [4.78, 5) is 46.3. The number of primary amides is 1. The molecular formula is C25H28FN9O4. The van der Waals surface area contributed by atoms with E-state index in [2.05, 4.69) is 30.4 Å². The number of halogens is 1. The van der Waals surface area contributed by atoms with Crippen molar-refractivity contribution < 1.29 is 22.8 Å². The van der Waals surface area contributed by atoms with Crippen LogP contribution in [0.4, 0.5) is 20.8 Å². The highest BCUT2D eigenvalue weighted by Crippen LogP contribution is 2.50. The maximum absolute atomic E-state index is 15.3. The number of alkyl halides is 1. The van der Waals surface area contributed by atoms with Gasteiger partial charge in [-0.15, -0.1) is 0 Å². The quantitative estimate of drug-likeness (QED) is 0.333. The molecule has 13 nitrogen and oxygen atoms in total. The topological polar surface area (TPSA) is 164 Å². The Morgan fingerprint density at radius 1 is 1.26 bits per heavy atom. The molecule has 2 fully saturated rings. The van der Waals surface area contributed by atoms with Crippen molar-refractivity contribution in [3.8, 4) is 0 Å². The normalized spacial score (nSPS) is 27.6. The SMILES string of the molecule is [2H]C([2H])([2H])n1c(=O)n(C2CC(NC(=O)OC)CC2F)c2cc(Nc3ccc4cnn(C5(C(N)=O)CC5C)c4n3)ncc21. The van der Waals surface area contributed by atoms with Crippen LogP contribution in [0.2, 0.25) is 0 Å². The number of amides is 2. The summed E-state index contributed by atoms with van der Waals surface area (Å²) in [6.45, 7) is -0.947. The number of carbonyl (C=O) groups excluding carboxylic acids is 2. The molecule has 2 aliphatic carbocycles. The van der Waals surface area contributed by atoms with Gasteiger partial charge < -0.3 is 21.1 Å². The van der Waals surface area contributed by atoms with E-state index >= 15 is 4.39 Å². The minimum Gasteiger partial charge on any atom is -0.453 e. The Hall–Kier alpha value is -4.49. The van der Waals surface area contributed by atoms with E-state index in [4.69, 9.17) is 9.85 Å². The van der Waals surface area contributed by atoms with E-state index in [1.807, 2.05) is 6.92 Å². The molecule has 5 unspecified atom stereocenters. The number of anilines is 2. The molecule has 2 amide bonds. The smallest absolute Gasteiger partial charge is 0.407 e. The van der Waals surface area contributed by atoms with Crippen molar-refractivity contribution >= 4 is 45.7 Å². The van der Waals surface area contributed by atoms with Crippen molar-refractivity contribution in [3.63, 3.8) is 0 Å². The van der Waals surface area contributed by atoms with Gasteiger partial charge in [0.05, 0.1) is 36.6 Å². The maximum atomic E-state index is 15.3. The molecule has 4 N–H and O–H groups in total. The fraction of sp³-hybridized carbons (Fsp3) is 0.440. The Labute approximate surface area is 225 Å². The van der Waals surface area contributed by atoms with Crippen LogP contribution in [0.3, 0.4) is 0 Å². The van der Waals surface area contributed by atoms with E-state index in [1.165, 1.54) is 24.1 Å². The zero-order chi connectivity index (χ0) is 30.1. The molecule has 14 heteroatoms. The lowest BCUT2D eigenvalue weighted by atomic mass is 10.2. The maximum Gasteiger partial charge on any atom is 0.407 e. The third kappa shape index (κ3) is 3.81. The summed E-state index contributed by atoms with van der Waals surface area (Å²) in [7, 11) is 1.19. The lowest BCUT2D eigenvalue weighted by Gasteiger charge is -2.16. The van der Waals surface area contributed by atoms with Gasteiger partial charge in [0.25, 0.3) is 0 Å². The highest BCUT2D eigenvalue weighted by Gasteiger charge is 2.59. The number of imidazole rings is 1. The number of methoxy groups -OCH3 is 1. The van der Waals surface area contributed by atoms with Crippen LogP contribution in [0.15, 0.2) is 35.4 Å². The number of aryl methyl sites for hydroxylation is 1. The molecule has 5 atom stereocenters. The zero-order valence-corrected chi connectivity index (χ0v) is 21.1. The molecule has 39 heavy (non-hydrogen) atoms. The van der Waals surface area contributed by atoms with Crippen LogP contribution in [0.1, 0.15) is 36.3 Å². The van der Waals surface area contributed by atoms with Crippen molar-refractivity contribution in [3.05, 3.63) is 41.1 Å². The molecule has 4 aromatic rings. The summed E-state index contributed by atoms with van der Waals surface area (Å²) in [6.07, 6.45) is 1.06. The molecule has 204 valence electrons. The second kappa shape index (κ2) is 8.78. The number of rotatable bonds is 6. The predicted molar refractivity (Wildman–Crippen MR) is 139 cm³/mol. The highest BCUT2D eigenvalue weighted by atomic mass is 19.1. The molecule has 0 aromatic carbocycles.